The Morgan fingerprint density at radius 1 is 1.44 bits per heavy atom. The van der Waals surface area contributed by atoms with Gasteiger partial charge in [0.25, 0.3) is 0 Å². The SMILES string of the molecule is COc1ccc(Br)cc1C1(C#N)CC1(C)C. The Morgan fingerprint density at radius 3 is 2.50 bits per heavy atom. The predicted octanol–water partition coefficient (Wildman–Crippen LogP) is 3.65. The second-order valence-corrected chi connectivity index (χ2v) is 5.84. The maximum Gasteiger partial charge on any atom is 0.123 e. The van der Waals surface area contributed by atoms with Crippen molar-refractivity contribution in [2.24, 2.45) is 5.41 Å². The number of benzene rings is 1. The van der Waals surface area contributed by atoms with E-state index in [2.05, 4.69) is 35.8 Å². The zero-order valence-corrected chi connectivity index (χ0v) is 11.3. The van der Waals surface area contributed by atoms with Gasteiger partial charge in [0.1, 0.15) is 5.75 Å². The first-order valence-electron chi connectivity index (χ1n) is 5.22. The molecule has 84 valence electrons. The lowest BCUT2D eigenvalue weighted by Crippen LogP contribution is -2.13. The van der Waals surface area contributed by atoms with Gasteiger partial charge in [-0.25, -0.2) is 0 Å². The third-order valence-electron chi connectivity index (χ3n) is 3.55. The quantitative estimate of drug-likeness (QED) is 0.828. The molecule has 0 spiro atoms. The van der Waals surface area contributed by atoms with Crippen LogP contribution in [0.25, 0.3) is 0 Å². The lowest BCUT2D eigenvalue weighted by atomic mass is 9.89. The number of halogens is 1. The zero-order chi connectivity index (χ0) is 12.0. The van der Waals surface area contributed by atoms with Gasteiger partial charge in [-0.15, -0.1) is 0 Å². The second kappa shape index (κ2) is 3.49. The second-order valence-electron chi connectivity index (χ2n) is 4.92. The fourth-order valence-corrected chi connectivity index (χ4v) is 2.70. The highest BCUT2D eigenvalue weighted by atomic mass is 79.9. The van der Waals surface area contributed by atoms with Crippen LogP contribution in [0.3, 0.4) is 0 Å². The minimum absolute atomic E-state index is 0.0375. The van der Waals surface area contributed by atoms with Gasteiger partial charge in [-0.3, -0.25) is 0 Å². The molecule has 0 heterocycles. The van der Waals surface area contributed by atoms with Crippen LogP contribution in [-0.2, 0) is 5.41 Å². The third kappa shape index (κ3) is 1.44. The molecule has 1 aliphatic carbocycles. The molecule has 0 radical (unpaired) electrons. The van der Waals surface area contributed by atoms with Crippen LogP contribution in [0.5, 0.6) is 5.75 Å². The van der Waals surface area contributed by atoms with Crippen molar-refractivity contribution in [3.63, 3.8) is 0 Å². The van der Waals surface area contributed by atoms with E-state index in [0.717, 1.165) is 22.2 Å². The number of hydrogen-bond donors (Lipinski definition) is 0. The van der Waals surface area contributed by atoms with Crippen molar-refractivity contribution in [3.8, 4) is 11.8 Å². The molecular formula is C13H14BrNO. The maximum atomic E-state index is 9.44. The number of methoxy groups -OCH3 is 1. The largest absolute Gasteiger partial charge is 0.496 e. The molecule has 1 unspecified atom stereocenters. The van der Waals surface area contributed by atoms with Crippen molar-refractivity contribution >= 4 is 15.9 Å². The van der Waals surface area contributed by atoms with Crippen molar-refractivity contribution < 1.29 is 4.74 Å². The highest BCUT2D eigenvalue weighted by Crippen LogP contribution is 2.65. The van der Waals surface area contributed by atoms with E-state index in [0.29, 0.717) is 0 Å². The molecule has 1 aliphatic rings. The van der Waals surface area contributed by atoms with Crippen LogP contribution in [0.4, 0.5) is 0 Å². The summed E-state index contributed by atoms with van der Waals surface area (Å²) in [6.07, 6.45) is 0.892. The van der Waals surface area contributed by atoms with Crippen LogP contribution in [0.1, 0.15) is 25.8 Å². The minimum atomic E-state index is -0.387. The average Bonchev–Trinajstić information content (AvgIpc) is 2.82. The molecule has 2 rings (SSSR count). The third-order valence-corrected chi connectivity index (χ3v) is 4.04. The highest BCUT2D eigenvalue weighted by molar-refractivity contribution is 9.10. The number of nitriles is 1. The van der Waals surface area contributed by atoms with E-state index in [-0.39, 0.29) is 10.8 Å². The van der Waals surface area contributed by atoms with Gasteiger partial charge < -0.3 is 4.74 Å². The summed E-state index contributed by atoms with van der Waals surface area (Å²) < 4.78 is 6.34. The van der Waals surface area contributed by atoms with Crippen molar-refractivity contribution in [2.45, 2.75) is 25.7 Å². The maximum absolute atomic E-state index is 9.44. The van der Waals surface area contributed by atoms with Gasteiger partial charge in [0.2, 0.25) is 0 Å². The molecule has 0 bridgehead atoms. The molecule has 0 aliphatic heterocycles. The van der Waals surface area contributed by atoms with Crippen LogP contribution in [0.2, 0.25) is 0 Å². The topological polar surface area (TPSA) is 33.0 Å². The molecule has 1 saturated carbocycles. The molecule has 1 aromatic carbocycles. The monoisotopic (exact) mass is 279 g/mol. The number of nitrogens with zero attached hydrogens (tertiary/aromatic N) is 1. The summed E-state index contributed by atoms with van der Waals surface area (Å²) in [7, 11) is 1.65. The molecule has 0 saturated heterocycles. The fraction of sp³-hybridized carbons (Fsp3) is 0.462. The van der Waals surface area contributed by atoms with Crippen LogP contribution < -0.4 is 4.74 Å². The van der Waals surface area contributed by atoms with E-state index in [9.17, 15) is 5.26 Å². The fourth-order valence-electron chi connectivity index (χ4n) is 2.34. The summed E-state index contributed by atoms with van der Waals surface area (Å²) in [4.78, 5) is 0. The van der Waals surface area contributed by atoms with Gasteiger partial charge in [-0.05, 0) is 30.0 Å². The summed E-state index contributed by atoms with van der Waals surface area (Å²) in [6.45, 7) is 4.24. The first-order chi connectivity index (χ1) is 7.47. The highest BCUT2D eigenvalue weighted by Gasteiger charge is 2.64. The smallest absolute Gasteiger partial charge is 0.123 e. The van der Waals surface area contributed by atoms with E-state index in [4.69, 9.17) is 4.74 Å². The van der Waals surface area contributed by atoms with Crippen molar-refractivity contribution in [2.75, 3.05) is 7.11 Å². The summed E-state index contributed by atoms with van der Waals surface area (Å²) in [5.74, 6) is 0.801. The van der Waals surface area contributed by atoms with E-state index >= 15 is 0 Å². The van der Waals surface area contributed by atoms with Gasteiger partial charge in [0.15, 0.2) is 0 Å². The van der Waals surface area contributed by atoms with Gasteiger partial charge in [-0.1, -0.05) is 29.8 Å². The summed E-state index contributed by atoms with van der Waals surface area (Å²) in [6, 6.07) is 8.30. The molecular weight excluding hydrogens is 266 g/mol. The summed E-state index contributed by atoms with van der Waals surface area (Å²) >= 11 is 3.45. The number of ether oxygens (including phenoxy) is 1. The van der Waals surface area contributed by atoms with Crippen molar-refractivity contribution in [3.05, 3.63) is 28.2 Å². The van der Waals surface area contributed by atoms with E-state index in [1.165, 1.54) is 0 Å². The van der Waals surface area contributed by atoms with E-state index in [1.807, 2.05) is 18.2 Å². The van der Waals surface area contributed by atoms with Crippen molar-refractivity contribution in [1.82, 2.24) is 0 Å². The van der Waals surface area contributed by atoms with Crippen molar-refractivity contribution in [1.29, 1.82) is 5.26 Å². The molecule has 0 N–H and O–H groups in total. The summed E-state index contributed by atoms with van der Waals surface area (Å²) in [5.41, 5.74) is 0.648. The molecule has 1 atom stereocenters. The normalized spacial score (nSPS) is 25.9. The van der Waals surface area contributed by atoms with Crippen LogP contribution >= 0.6 is 15.9 Å². The predicted molar refractivity (Wildman–Crippen MR) is 66.4 cm³/mol. The van der Waals surface area contributed by atoms with E-state index < -0.39 is 0 Å². The summed E-state index contributed by atoms with van der Waals surface area (Å²) in [5, 5.41) is 9.44. The molecule has 1 aromatic rings. The molecule has 1 fully saturated rings. The Bertz CT molecular complexity index is 475. The molecule has 0 aromatic heterocycles. The Labute approximate surface area is 104 Å². The Morgan fingerprint density at radius 2 is 2.06 bits per heavy atom. The Balaban J connectivity index is 2.57. The van der Waals surface area contributed by atoms with Crippen LogP contribution in [-0.4, -0.2) is 7.11 Å². The lowest BCUT2D eigenvalue weighted by molar-refractivity contribution is 0.403. The number of rotatable bonds is 2. The van der Waals surface area contributed by atoms with E-state index in [1.54, 1.807) is 7.11 Å². The number of hydrogen-bond acceptors (Lipinski definition) is 2. The van der Waals surface area contributed by atoms with Gasteiger partial charge in [0.05, 0.1) is 18.6 Å². The van der Waals surface area contributed by atoms with Crippen LogP contribution in [0, 0.1) is 16.7 Å². The Hall–Kier alpha value is -1.01. The molecule has 2 nitrogen and oxygen atoms in total. The lowest BCUT2D eigenvalue weighted by Gasteiger charge is -2.16. The van der Waals surface area contributed by atoms with Gasteiger partial charge >= 0.3 is 0 Å². The standard InChI is InChI=1S/C13H14BrNO/c1-12(2)7-13(12,8-15)10-6-9(14)4-5-11(10)16-3/h4-6H,7H2,1-3H3. The van der Waals surface area contributed by atoms with Crippen LogP contribution in [0.15, 0.2) is 22.7 Å². The molecule has 0 amide bonds. The molecule has 3 heteroatoms. The zero-order valence-electron chi connectivity index (χ0n) is 9.67. The Kier molecular flexibility index (Phi) is 2.51. The van der Waals surface area contributed by atoms with Gasteiger partial charge in [0, 0.05) is 10.0 Å². The average molecular weight is 280 g/mol. The van der Waals surface area contributed by atoms with Gasteiger partial charge in [-0.2, -0.15) is 5.26 Å². The molecule has 16 heavy (non-hydrogen) atoms. The first-order valence-corrected chi connectivity index (χ1v) is 6.01. The first kappa shape index (κ1) is 11.5. The minimum Gasteiger partial charge on any atom is -0.496 e.